The Morgan fingerprint density at radius 1 is 1.28 bits per heavy atom. The Balaban J connectivity index is 1.54. The number of fused-ring (bicyclic) bond motifs is 2. The van der Waals surface area contributed by atoms with Crippen molar-refractivity contribution in [3.05, 3.63) is 24.3 Å². The number of ether oxygens (including phenoxy) is 2. The minimum atomic E-state index is -0.667. The van der Waals surface area contributed by atoms with Crippen LogP contribution in [-0.2, 0) is 4.74 Å². The average molecular weight is 249 g/mol. The molecule has 0 aromatic heterocycles. The smallest absolute Gasteiger partial charge is 0.508 e. The number of carbonyl (C=O) groups excluding carboxylic acids is 1. The SMILES string of the molecule is O=C(Oc1ccc(O)cc1)OC1CN2CCC1C2. The fraction of sp³-hybridized carbons (Fsp3) is 0.462. The van der Waals surface area contributed by atoms with Crippen molar-refractivity contribution in [1.29, 1.82) is 0 Å². The van der Waals surface area contributed by atoms with Crippen LogP contribution in [-0.4, -0.2) is 41.9 Å². The summed E-state index contributed by atoms with van der Waals surface area (Å²) in [7, 11) is 0. The molecule has 3 unspecified atom stereocenters. The van der Waals surface area contributed by atoms with E-state index in [1.54, 1.807) is 0 Å². The third-order valence-corrected chi connectivity index (χ3v) is 3.56. The van der Waals surface area contributed by atoms with E-state index in [-0.39, 0.29) is 11.9 Å². The minimum Gasteiger partial charge on any atom is -0.508 e. The van der Waals surface area contributed by atoms with E-state index in [1.165, 1.54) is 24.3 Å². The summed E-state index contributed by atoms with van der Waals surface area (Å²) in [6, 6.07) is 5.99. The van der Waals surface area contributed by atoms with Crippen LogP contribution in [0.1, 0.15) is 6.42 Å². The number of rotatable bonds is 2. The molecule has 2 bridgehead atoms. The van der Waals surface area contributed by atoms with Crippen LogP contribution in [0.2, 0.25) is 0 Å². The second-order valence-corrected chi connectivity index (χ2v) is 4.81. The maximum Gasteiger partial charge on any atom is 0.514 e. The monoisotopic (exact) mass is 249 g/mol. The number of hydrogen-bond acceptors (Lipinski definition) is 5. The summed E-state index contributed by atoms with van der Waals surface area (Å²) in [6.07, 6.45) is 0.389. The lowest BCUT2D eigenvalue weighted by Gasteiger charge is -2.21. The molecule has 2 aliphatic rings. The fourth-order valence-corrected chi connectivity index (χ4v) is 2.63. The second kappa shape index (κ2) is 4.49. The topological polar surface area (TPSA) is 59.0 Å². The maximum atomic E-state index is 11.6. The van der Waals surface area contributed by atoms with E-state index in [9.17, 15) is 4.79 Å². The molecule has 0 saturated carbocycles. The van der Waals surface area contributed by atoms with Gasteiger partial charge in [0.1, 0.15) is 17.6 Å². The van der Waals surface area contributed by atoms with Gasteiger partial charge in [-0.15, -0.1) is 0 Å². The molecule has 0 spiro atoms. The first-order valence-corrected chi connectivity index (χ1v) is 6.10. The highest BCUT2D eigenvalue weighted by atomic mass is 16.7. The second-order valence-electron chi connectivity index (χ2n) is 4.81. The Morgan fingerprint density at radius 3 is 2.67 bits per heavy atom. The van der Waals surface area contributed by atoms with E-state index >= 15 is 0 Å². The Bertz CT molecular complexity index is 445. The van der Waals surface area contributed by atoms with E-state index in [0.29, 0.717) is 11.7 Å². The van der Waals surface area contributed by atoms with Crippen LogP contribution >= 0.6 is 0 Å². The van der Waals surface area contributed by atoms with Crippen LogP contribution in [0.25, 0.3) is 0 Å². The first kappa shape index (κ1) is 11.3. The highest BCUT2D eigenvalue weighted by molar-refractivity contribution is 5.64. The molecular formula is C13H15NO4. The summed E-state index contributed by atoms with van der Waals surface area (Å²) >= 11 is 0. The zero-order valence-electron chi connectivity index (χ0n) is 9.91. The zero-order valence-corrected chi connectivity index (χ0v) is 9.91. The largest absolute Gasteiger partial charge is 0.514 e. The lowest BCUT2D eigenvalue weighted by molar-refractivity contribution is 0.0367. The van der Waals surface area contributed by atoms with Gasteiger partial charge >= 0.3 is 6.16 Å². The lowest BCUT2D eigenvalue weighted by Crippen LogP contribution is -2.32. The fourth-order valence-electron chi connectivity index (χ4n) is 2.63. The van der Waals surface area contributed by atoms with Gasteiger partial charge in [0.15, 0.2) is 0 Å². The number of carbonyl (C=O) groups is 1. The van der Waals surface area contributed by atoms with Gasteiger partial charge in [-0.1, -0.05) is 0 Å². The van der Waals surface area contributed by atoms with Gasteiger partial charge in [0.05, 0.1) is 0 Å². The van der Waals surface area contributed by atoms with Gasteiger partial charge in [-0.2, -0.15) is 0 Å². The van der Waals surface area contributed by atoms with Crippen molar-refractivity contribution in [3.8, 4) is 11.5 Å². The predicted octanol–water partition coefficient (Wildman–Crippen LogP) is 1.61. The molecule has 3 rings (SSSR count). The van der Waals surface area contributed by atoms with E-state index in [0.717, 1.165) is 26.1 Å². The molecule has 3 atom stereocenters. The molecule has 96 valence electrons. The normalized spacial score (nSPS) is 29.2. The van der Waals surface area contributed by atoms with Crippen molar-refractivity contribution in [3.63, 3.8) is 0 Å². The molecule has 5 nitrogen and oxygen atoms in total. The number of nitrogens with zero attached hydrogens (tertiary/aromatic N) is 1. The first-order chi connectivity index (χ1) is 8.70. The Hall–Kier alpha value is -1.75. The van der Waals surface area contributed by atoms with Gasteiger partial charge in [0.2, 0.25) is 0 Å². The predicted molar refractivity (Wildman–Crippen MR) is 63.6 cm³/mol. The van der Waals surface area contributed by atoms with Crippen LogP contribution < -0.4 is 4.74 Å². The van der Waals surface area contributed by atoms with Gasteiger partial charge in [0, 0.05) is 19.0 Å². The molecule has 2 heterocycles. The number of phenols is 1. The summed E-state index contributed by atoms with van der Waals surface area (Å²) in [4.78, 5) is 13.9. The van der Waals surface area contributed by atoms with Crippen molar-refractivity contribution in [2.24, 2.45) is 5.92 Å². The number of aromatic hydroxyl groups is 1. The maximum absolute atomic E-state index is 11.6. The molecule has 1 aromatic rings. The first-order valence-electron chi connectivity index (χ1n) is 6.10. The van der Waals surface area contributed by atoms with Gasteiger partial charge < -0.3 is 14.6 Å². The Morgan fingerprint density at radius 2 is 2.06 bits per heavy atom. The van der Waals surface area contributed by atoms with Crippen LogP contribution in [0.4, 0.5) is 4.79 Å². The summed E-state index contributed by atoms with van der Waals surface area (Å²) in [5, 5.41) is 9.11. The quantitative estimate of drug-likeness (QED) is 0.637. The lowest BCUT2D eigenvalue weighted by atomic mass is 10.0. The van der Waals surface area contributed by atoms with Crippen molar-refractivity contribution >= 4 is 6.16 Å². The van der Waals surface area contributed by atoms with Gasteiger partial charge in [-0.3, -0.25) is 4.90 Å². The van der Waals surface area contributed by atoms with E-state index < -0.39 is 6.16 Å². The molecule has 18 heavy (non-hydrogen) atoms. The molecule has 0 amide bonds. The van der Waals surface area contributed by atoms with Crippen molar-refractivity contribution in [2.45, 2.75) is 12.5 Å². The van der Waals surface area contributed by atoms with E-state index in [2.05, 4.69) is 4.90 Å². The number of benzene rings is 1. The third-order valence-electron chi connectivity index (χ3n) is 3.56. The van der Waals surface area contributed by atoms with E-state index in [1.807, 2.05) is 0 Å². The van der Waals surface area contributed by atoms with Crippen LogP contribution in [0, 0.1) is 5.92 Å². The van der Waals surface area contributed by atoms with Crippen molar-refractivity contribution in [2.75, 3.05) is 19.6 Å². The summed E-state index contributed by atoms with van der Waals surface area (Å²) in [6.45, 7) is 2.95. The average Bonchev–Trinajstić information content (AvgIpc) is 2.94. The van der Waals surface area contributed by atoms with Crippen molar-refractivity contribution in [1.82, 2.24) is 4.90 Å². The van der Waals surface area contributed by atoms with Crippen LogP contribution in [0.15, 0.2) is 24.3 Å². The molecule has 2 aliphatic heterocycles. The molecule has 0 radical (unpaired) electrons. The Labute approximate surface area is 105 Å². The van der Waals surface area contributed by atoms with Crippen LogP contribution in [0.3, 0.4) is 0 Å². The summed E-state index contributed by atoms with van der Waals surface area (Å²) < 4.78 is 10.4. The van der Waals surface area contributed by atoms with Gasteiger partial charge in [-0.05, 0) is 37.2 Å². The highest BCUT2D eigenvalue weighted by Gasteiger charge is 2.40. The van der Waals surface area contributed by atoms with E-state index in [4.69, 9.17) is 14.6 Å². The standard InChI is InChI=1S/C13H15NO4/c15-10-1-3-11(4-2-10)17-13(16)18-12-8-14-6-5-9(12)7-14/h1-4,9,12,15H,5-8H2. The number of phenolic OH excluding ortho intramolecular Hbond substituents is 1. The summed E-state index contributed by atoms with van der Waals surface area (Å²) in [5.41, 5.74) is 0. The molecule has 0 aliphatic carbocycles. The van der Waals surface area contributed by atoms with Gasteiger partial charge in [0.25, 0.3) is 0 Å². The van der Waals surface area contributed by atoms with Gasteiger partial charge in [-0.25, -0.2) is 4.79 Å². The number of piperidine rings is 1. The van der Waals surface area contributed by atoms with Crippen LogP contribution in [0.5, 0.6) is 11.5 Å². The highest BCUT2D eigenvalue weighted by Crippen LogP contribution is 2.30. The molecule has 1 aromatic carbocycles. The molecule has 5 heteroatoms. The van der Waals surface area contributed by atoms with Crippen molar-refractivity contribution < 1.29 is 19.4 Å². The Kier molecular flexibility index (Phi) is 2.83. The zero-order chi connectivity index (χ0) is 12.5. The minimum absolute atomic E-state index is 0.0386. The molecule has 1 N–H and O–H groups in total. The third kappa shape index (κ3) is 2.26. The molecule has 2 fully saturated rings. The number of hydrogen-bond donors (Lipinski definition) is 1. The molecule has 2 saturated heterocycles. The summed E-state index contributed by atoms with van der Waals surface area (Å²) in [5.74, 6) is 0.968. The molecular weight excluding hydrogens is 234 g/mol.